The van der Waals surface area contributed by atoms with Crippen molar-refractivity contribution in [2.45, 2.75) is 20.4 Å². The minimum absolute atomic E-state index is 0.00738. The Morgan fingerprint density at radius 2 is 1.94 bits per heavy atom. The summed E-state index contributed by atoms with van der Waals surface area (Å²) in [6.45, 7) is 5.07. The Morgan fingerprint density at radius 3 is 2.69 bits per heavy atom. The Balaban J connectivity index is 1.45. The highest BCUT2D eigenvalue weighted by Crippen LogP contribution is 2.31. The molecule has 0 bridgehead atoms. The fourth-order valence-corrected chi connectivity index (χ4v) is 6.03. The van der Waals surface area contributed by atoms with E-state index in [9.17, 15) is 13.2 Å². The first-order valence-corrected chi connectivity index (χ1v) is 13.8. The second-order valence-electron chi connectivity index (χ2n) is 8.59. The van der Waals surface area contributed by atoms with Gasteiger partial charge in [0.2, 0.25) is 20.2 Å². The van der Waals surface area contributed by atoms with E-state index in [1.165, 1.54) is 5.56 Å². The van der Waals surface area contributed by atoms with Crippen molar-refractivity contribution >= 4 is 60.8 Å². The number of nitrogens with zero attached hydrogens (tertiary/aromatic N) is 4. The summed E-state index contributed by atoms with van der Waals surface area (Å²) in [4.78, 5) is 17.8. The molecule has 0 unspecified atom stereocenters. The Hall–Kier alpha value is -3.70. The van der Waals surface area contributed by atoms with Crippen LogP contribution in [0.5, 0.6) is 5.75 Å². The van der Waals surface area contributed by atoms with Crippen LogP contribution < -0.4 is 4.74 Å². The van der Waals surface area contributed by atoms with E-state index < -0.39 is 15.7 Å². The van der Waals surface area contributed by atoms with Gasteiger partial charge in [0.15, 0.2) is 0 Å². The van der Waals surface area contributed by atoms with Gasteiger partial charge >= 0.3 is 0 Å². The zero-order valence-electron chi connectivity index (χ0n) is 19.8. The van der Waals surface area contributed by atoms with E-state index in [-0.39, 0.29) is 21.7 Å². The topological polar surface area (TPSA) is 117 Å². The molecule has 2 aliphatic rings. The molecular weight excluding hydrogens is 498 g/mol. The van der Waals surface area contributed by atoms with Gasteiger partial charge in [0.25, 0.3) is 5.91 Å². The fourth-order valence-electron chi connectivity index (χ4n) is 4.18. The molecule has 36 heavy (non-hydrogen) atoms. The predicted molar refractivity (Wildman–Crippen MR) is 143 cm³/mol. The number of carbonyl (C=O) groups excluding carboxylic acids is 1. The first-order chi connectivity index (χ1) is 17.1. The summed E-state index contributed by atoms with van der Waals surface area (Å²) >= 11 is 0.771. The lowest BCUT2D eigenvalue weighted by atomic mass is 10.1. The molecule has 184 valence electrons. The van der Waals surface area contributed by atoms with E-state index in [1.807, 2.05) is 61.0 Å². The number of amidine groups is 3. The summed E-state index contributed by atoms with van der Waals surface area (Å²) in [5.74, 6) is -0.0472. The van der Waals surface area contributed by atoms with Crippen molar-refractivity contribution in [2.75, 3.05) is 12.9 Å². The zero-order valence-corrected chi connectivity index (χ0v) is 21.5. The number of hydrogen-bond acceptors (Lipinski definition) is 7. The largest absolute Gasteiger partial charge is 0.491 e. The highest BCUT2D eigenvalue weighted by Gasteiger charge is 2.41. The molecule has 0 spiro atoms. The van der Waals surface area contributed by atoms with E-state index in [0.717, 1.165) is 45.3 Å². The van der Waals surface area contributed by atoms with Gasteiger partial charge in [-0.2, -0.15) is 9.39 Å². The van der Waals surface area contributed by atoms with Crippen LogP contribution in [0.2, 0.25) is 0 Å². The molecule has 0 fully saturated rings. The summed E-state index contributed by atoms with van der Waals surface area (Å²) < 4.78 is 36.2. The number of carbonyl (C=O) groups is 1. The first kappa shape index (κ1) is 24.0. The number of amides is 1. The maximum atomic E-state index is 12.8. The average Bonchev–Trinajstić information content (AvgIpc) is 3.40. The highest BCUT2D eigenvalue weighted by atomic mass is 32.2. The van der Waals surface area contributed by atoms with Crippen molar-refractivity contribution in [1.82, 2.24) is 9.47 Å². The van der Waals surface area contributed by atoms with Gasteiger partial charge in [-0.15, -0.1) is 0 Å². The molecule has 0 radical (unpaired) electrons. The van der Waals surface area contributed by atoms with Gasteiger partial charge in [0.05, 0.1) is 24.1 Å². The Morgan fingerprint density at radius 1 is 1.17 bits per heavy atom. The number of para-hydroxylation sites is 1. The number of aromatic nitrogens is 1. The molecule has 0 saturated heterocycles. The van der Waals surface area contributed by atoms with Crippen LogP contribution in [0.4, 0.5) is 0 Å². The highest BCUT2D eigenvalue weighted by molar-refractivity contribution is 8.16. The molecule has 3 aromatic rings. The van der Waals surface area contributed by atoms with Gasteiger partial charge in [-0.25, -0.2) is 13.3 Å². The molecule has 1 amide bonds. The van der Waals surface area contributed by atoms with Gasteiger partial charge in [-0.3, -0.25) is 10.2 Å². The van der Waals surface area contributed by atoms with Crippen LogP contribution in [-0.4, -0.2) is 52.8 Å². The van der Waals surface area contributed by atoms with E-state index in [0.29, 0.717) is 18.7 Å². The number of aryl methyl sites for hydroxylation is 2. The Bertz CT molecular complexity index is 1630. The maximum Gasteiger partial charge on any atom is 0.283 e. The van der Waals surface area contributed by atoms with E-state index in [4.69, 9.17) is 10.1 Å². The number of aliphatic imine (C=N–C) groups is 1. The molecule has 0 aliphatic carbocycles. The Labute approximate surface area is 212 Å². The van der Waals surface area contributed by atoms with Crippen LogP contribution in [0.1, 0.15) is 16.7 Å². The predicted octanol–water partition coefficient (Wildman–Crippen LogP) is 3.96. The molecule has 5 rings (SSSR count). The molecule has 9 nitrogen and oxygen atoms in total. The van der Waals surface area contributed by atoms with Crippen molar-refractivity contribution in [2.24, 2.45) is 9.39 Å². The molecule has 11 heteroatoms. The second kappa shape index (κ2) is 9.07. The monoisotopic (exact) mass is 521 g/mol. The second-order valence-corrected chi connectivity index (χ2v) is 11.2. The zero-order chi connectivity index (χ0) is 25.6. The molecule has 0 atom stereocenters. The lowest BCUT2D eigenvalue weighted by Crippen LogP contribution is -2.45. The molecule has 2 aliphatic heterocycles. The number of sulfone groups is 1. The quantitative estimate of drug-likeness (QED) is 0.401. The third-order valence-electron chi connectivity index (χ3n) is 5.87. The van der Waals surface area contributed by atoms with Crippen LogP contribution in [0.3, 0.4) is 0 Å². The first-order valence-electron chi connectivity index (χ1n) is 11.1. The van der Waals surface area contributed by atoms with Crippen molar-refractivity contribution in [3.05, 3.63) is 70.9 Å². The maximum absolute atomic E-state index is 12.8. The number of fused-ring (bicyclic) bond motifs is 2. The molecule has 1 N–H and O–H groups in total. The molecule has 1 aromatic heterocycles. The molecule has 3 heterocycles. The Kier molecular flexibility index (Phi) is 6.05. The van der Waals surface area contributed by atoms with Crippen LogP contribution in [0.15, 0.2) is 63.6 Å². The molecule has 2 aromatic carbocycles. The lowest BCUT2D eigenvalue weighted by Gasteiger charge is -2.23. The standard InChI is InChI=1S/C25H23N5O4S2/c1-15-8-9-21(16(2)12-15)34-11-10-29-14-17(18-6-4-5-7-20(18)29)13-19-22(26)30-24(27-23(19)31)35-28-25(30)36(3,32)33/h4-9,12-14,26H,10-11H2,1-3H3/b19-13-,26-22?. The van der Waals surface area contributed by atoms with E-state index in [2.05, 4.69) is 15.5 Å². The van der Waals surface area contributed by atoms with E-state index in [1.54, 1.807) is 6.08 Å². The normalized spacial score (nSPS) is 17.0. The van der Waals surface area contributed by atoms with Gasteiger partial charge in [0.1, 0.15) is 18.2 Å². The van der Waals surface area contributed by atoms with Crippen molar-refractivity contribution in [3.63, 3.8) is 0 Å². The minimum Gasteiger partial charge on any atom is -0.491 e. The summed E-state index contributed by atoms with van der Waals surface area (Å²) in [7, 11) is -3.71. The summed E-state index contributed by atoms with van der Waals surface area (Å²) in [6.07, 6.45) is 4.49. The van der Waals surface area contributed by atoms with Gasteiger partial charge < -0.3 is 9.30 Å². The van der Waals surface area contributed by atoms with Gasteiger partial charge in [-0.05, 0) is 37.6 Å². The number of ether oxygens (including phenoxy) is 1. The van der Waals surface area contributed by atoms with E-state index >= 15 is 0 Å². The molecular formula is C25H23N5O4S2. The van der Waals surface area contributed by atoms with Crippen molar-refractivity contribution in [3.8, 4) is 5.75 Å². The minimum atomic E-state index is -3.71. The fraction of sp³-hybridized carbons (Fsp3) is 0.200. The van der Waals surface area contributed by atoms with Crippen LogP contribution in [0.25, 0.3) is 17.0 Å². The average molecular weight is 522 g/mol. The van der Waals surface area contributed by atoms with Crippen LogP contribution in [0, 0.1) is 19.3 Å². The number of nitrogens with one attached hydrogen (secondary N) is 1. The summed E-state index contributed by atoms with van der Waals surface area (Å²) in [5, 5.41) is 9.24. The number of benzene rings is 2. The lowest BCUT2D eigenvalue weighted by molar-refractivity contribution is -0.114. The van der Waals surface area contributed by atoms with Gasteiger partial charge in [-0.1, -0.05) is 35.9 Å². The third-order valence-corrected chi connectivity index (χ3v) is 7.62. The SMILES string of the molecule is Cc1ccc(OCCn2cc(/C=C3/C(=N)N4C(=NC3=O)SN=C4S(C)(=O)=O)c3ccccc32)c(C)c1. The molecule has 0 saturated carbocycles. The van der Waals surface area contributed by atoms with Crippen molar-refractivity contribution in [1.29, 1.82) is 5.41 Å². The number of rotatable bonds is 5. The third kappa shape index (κ3) is 4.35. The smallest absolute Gasteiger partial charge is 0.283 e. The van der Waals surface area contributed by atoms with Crippen LogP contribution >= 0.6 is 11.9 Å². The van der Waals surface area contributed by atoms with Gasteiger partial charge in [0, 0.05) is 28.9 Å². The summed E-state index contributed by atoms with van der Waals surface area (Å²) in [6, 6.07) is 13.8. The number of hydrogen-bond donors (Lipinski definition) is 1. The van der Waals surface area contributed by atoms with Crippen molar-refractivity contribution < 1.29 is 17.9 Å². The summed E-state index contributed by atoms with van der Waals surface area (Å²) in [5.41, 5.74) is 3.91. The van der Waals surface area contributed by atoms with Crippen LogP contribution in [-0.2, 0) is 21.2 Å².